The van der Waals surface area contributed by atoms with Crippen molar-refractivity contribution in [2.45, 2.75) is 50.0 Å². The minimum Gasteiger partial charge on any atom is -0.360 e. The van der Waals surface area contributed by atoms with E-state index in [1.165, 1.54) is 12.8 Å². The standard InChI is InChI=1S/C21H23N5O3/c27-19(23-10-14-13-6-3-9-22-18(13)25-24-14)16-15-7-8-21(29-15)11-26(20(28)17(16)21)12-4-1-2-5-12/h3,6-9,12,15-17H,1-2,4-5,10-11H2,(H,23,27)(H,22,24,25)/t15?,16?,17?,21-/m0/s1. The third kappa shape index (κ3) is 2.41. The summed E-state index contributed by atoms with van der Waals surface area (Å²) < 4.78 is 6.22. The van der Waals surface area contributed by atoms with Crippen molar-refractivity contribution in [3.63, 3.8) is 0 Å². The van der Waals surface area contributed by atoms with E-state index in [-0.39, 0.29) is 17.9 Å². The molecule has 1 saturated carbocycles. The summed E-state index contributed by atoms with van der Waals surface area (Å²) in [7, 11) is 0. The van der Waals surface area contributed by atoms with Crippen LogP contribution in [0.4, 0.5) is 0 Å². The lowest BCUT2D eigenvalue weighted by Gasteiger charge is -2.27. The Balaban J connectivity index is 1.22. The van der Waals surface area contributed by atoms with Crippen molar-refractivity contribution < 1.29 is 14.3 Å². The first kappa shape index (κ1) is 17.1. The molecule has 0 radical (unpaired) electrons. The van der Waals surface area contributed by atoms with Crippen molar-refractivity contribution in [1.29, 1.82) is 0 Å². The molecule has 1 spiro atoms. The number of carbonyl (C=O) groups is 2. The van der Waals surface area contributed by atoms with Crippen LogP contribution >= 0.6 is 0 Å². The summed E-state index contributed by atoms with van der Waals surface area (Å²) in [5, 5.41) is 11.0. The molecule has 3 fully saturated rings. The number of amides is 2. The summed E-state index contributed by atoms with van der Waals surface area (Å²) >= 11 is 0. The second-order valence-electron chi connectivity index (χ2n) is 8.60. The fourth-order valence-electron chi connectivity index (χ4n) is 5.68. The zero-order valence-corrected chi connectivity index (χ0v) is 16.0. The Kier molecular flexibility index (Phi) is 3.62. The number of nitrogens with one attached hydrogen (secondary N) is 2. The van der Waals surface area contributed by atoms with Gasteiger partial charge in [-0.3, -0.25) is 14.7 Å². The second-order valence-corrected chi connectivity index (χ2v) is 8.60. The van der Waals surface area contributed by atoms with E-state index in [2.05, 4.69) is 20.5 Å². The van der Waals surface area contributed by atoms with Crippen molar-refractivity contribution in [2.75, 3.05) is 6.54 Å². The molecule has 3 unspecified atom stereocenters. The zero-order valence-electron chi connectivity index (χ0n) is 16.0. The normalized spacial score (nSPS) is 33.2. The van der Waals surface area contributed by atoms with Crippen LogP contribution in [0.15, 0.2) is 30.5 Å². The highest BCUT2D eigenvalue weighted by Gasteiger charge is 2.67. The Bertz CT molecular complexity index is 1030. The van der Waals surface area contributed by atoms with Crippen molar-refractivity contribution in [3.8, 4) is 0 Å². The average molecular weight is 393 g/mol. The molecule has 2 aromatic rings. The van der Waals surface area contributed by atoms with Gasteiger partial charge in [-0.1, -0.05) is 25.0 Å². The third-order valence-electron chi connectivity index (χ3n) is 7.05. The maximum Gasteiger partial charge on any atom is 0.230 e. The number of aromatic amines is 1. The summed E-state index contributed by atoms with van der Waals surface area (Å²) in [5.74, 6) is -0.955. The minimum absolute atomic E-state index is 0.0834. The molecule has 5 heterocycles. The van der Waals surface area contributed by atoms with Gasteiger partial charge < -0.3 is 15.0 Å². The number of carbonyl (C=O) groups excluding carboxylic acids is 2. The van der Waals surface area contributed by atoms with Gasteiger partial charge in [0.2, 0.25) is 11.8 Å². The van der Waals surface area contributed by atoms with Crippen molar-refractivity contribution in [1.82, 2.24) is 25.4 Å². The van der Waals surface area contributed by atoms with Gasteiger partial charge in [0.25, 0.3) is 0 Å². The van der Waals surface area contributed by atoms with E-state index < -0.39 is 17.4 Å². The fraction of sp³-hybridized carbons (Fsp3) is 0.524. The highest BCUT2D eigenvalue weighted by atomic mass is 16.5. The summed E-state index contributed by atoms with van der Waals surface area (Å²) in [6, 6.07) is 4.06. The predicted molar refractivity (Wildman–Crippen MR) is 103 cm³/mol. The van der Waals surface area contributed by atoms with Gasteiger partial charge in [0.15, 0.2) is 5.65 Å². The van der Waals surface area contributed by atoms with Crippen LogP contribution in [0.3, 0.4) is 0 Å². The van der Waals surface area contributed by atoms with Gasteiger partial charge in [0.1, 0.15) is 5.60 Å². The van der Waals surface area contributed by atoms with Crippen molar-refractivity contribution in [3.05, 3.63) is 36.2 Å². The smallest absolute Gasteiger partial charge is 0.230 e. The molecule has 4 atom stereocenters. The quantitative estimate of drug-likeness (QED) is 0.763. The number of aromatic nitrogens is 3. The summed E-state index contributed by atoms with van der Waals surface area (Å²) in [4.78, 5) is 32.6. The molecule has 150 valence electrons. The Morgan fingerprint density at radius 1 is 1.38 bits per heavy atom. The molecule has 2 amide bonds. The Labute approximate surface area is 167 Å². The van der Waals surface area contributed by atoms with Gasteiger partial charge in [-0.05, 0) is 25.0 Å². The van der Waals surface area contributed by atoms with Gasteiger partial charge in [-0.2, -0.15) is 5.10 Å². The van der Waals surface area contributed by atoms with Crippen LogP contribution in [0.5, 0.6) is 0 Å². The first-order valence-corrected chi connectivity index (χ1v) is 10.4. The van der Waals surface area contributed by atoms with E-state index >= 15 is 0 Å². The summed E-state index contributed by atoms with van der Waals surface area (Å²) in [5.41, 5.74) is 0.804. The van der Waals surface area contributed by atoms with E-state index in [1.807, 2.05) is 29.2 Å². The zero-order chi connectivity index (χ0) is 19.6. The number of rotatable bonds is 4. The topological polar surface area (TPSA) is 100 Å². The van der Waals surface area contributed by atoms with Crippen LogP contribution in [0.1, 0.15) is 31.4 Å². The Morgan fingerprint density at radius 2 is 2.24 bits per heavy atom. The second kappa shape index (κ2) is 6.13. The van der Waals surface area contributed by atoms with Gasteiger partial charge in [-0.25, -0.2) is 4.98 Å². The lowest BCUT2D eigenvalue weighted by atomic mass is 9.77. The molecule has 0 aromatic carbocycles. The monoisotopic (exact) mass is 393 g/mol. The van der Waals surface area contributed by atoms with Crippen LogP contribution in [0, 0.1) is 11.8 Å². The Morgan fingerprint density at radius 3 is 3.10 bits per heavy atom. The predicted octanol–water partition coefficient (Wildman–Crippen LogP) is 1.30. The fourth-order valence-corrected chi connectivity index (χ4v) is 5.68. The third-order valence-corrected chi connectivity index (χ3v) is 7.05. The number of likely N-dealkylation sites (tertiary alicyclic amines) is 1. The van der Waals surface area contributed by atoms with Crippen molar-refractivity contribution >= 4 is 22.8 Å². The minimum atomic E-state index is -0.628. The highest BCUT2D eigenvalue weighted by Crippen LogP contribution is 2.53. The molecule has 4 aliphatic rings. The first-order chi connectivity index (χ1) is 14.2. The molecule has 6 rings (SSSR count). The Hall–Kier alpha value is -2.74. The van der Waals surface area contributed by atoms with Gasteiger partial charge in [0, 0.05) is 17.6 Å². The van der Waals surface area contributed by atoms with Crippen LogP contribution in [-0.2, 0) is 20.9 Å². The maximum atomic E-state index is 13.3. The van der Waals surface area contributed by atoms with Gasteiger partial charge >= 0.3 is 0 Å². The number of hydrogen-bond acceptors (Lipinski definition) is 5. The molecule has 3 aliphatic heterocycles. The molecule has 1 aliphatic carbocycles. The number of pyridine rings is 1. The van der Waals surface area contributed by atoms with Crippen LogP contribution < -0.4 is 5.32 Å². The van der Waals surface area contributed by atoms with Crippen LogP contribution in [-0.4, -0.2) is 56.2 Å². The van der Waals surface area contributed by atoms with E-state index in [4.69, 9.17) is 4.74 Å². The molecule has 8 heteroatoms. The summed E-state index contributed by atoms with van der Waals surface area (Å²) in [6.45, 7) is 0.892. The highest BCUT2D eigenvalue weighted by molar-refractivity contribution is 5.93. The van der Waals surface area contributed by atoms with Crippen LogP contribution in [0.25, 0.3) is 11.0 Å². The van der Waals surface area contributed by atoms with Crippen LogP contribution in [0.2, 0.25) is 0 Å². The molecular weight excluding hydrogens is 370 g/mol. The van der Waals surface area contributed by atoms with E-state index in [0.717, 1.165) is 23.9 Å². The molecule has 2 bridgehead atoms. The molecule has 2 aromatic heterocycles. The molecule has 8 nitrogen and oxygen atoms in total. The van der Waals surface area contributed by atoms with Crippen molar-refractivity contribution in [2.24, 2.45) is 11.8 Å². The molecule has 2 saturated heterocycles. The lowest BCUT2D eigenvalue weighted by molar-refractivity contribution is -0.138. The molecular formula is C21H23N5O3. The largest absolute Gasteiger partial charge is 0.360 e. The van der Waals surface area contributed by atoms with Gasteiger partial charge in [-0.15, -0.1) is 0 Å². The number of ether oxygens (including phenoxy) is 1. The van der Waals surface area contributed by atoms with E-state index in [0.29, 0.717) is 24.8 Å². The first-order valence-electron chi connectivity index (χ1n) is 10.4. The summed E-state index contributed by atoms with van der Waals surface area (Å²) in [6.07, 6.45) is 9.79. The number of nitrogens with zero attached hydrogens (tertiary/aromatic N) is 3. The number of H-pyrrole nitrogens is 1. The van der Waals surface area contributed by atoms with E-state index in [1.54, 1.807) is 6.20 Å². The SMILES string of the molecule is O=C(NCc1[nH]nc2ncccc12)C1C2C=C[C@@]3(CN(C4CCCC4)C(=O)C13)O2. The van der Waals surface area contributed by atoms with E-state index in [9.17, 15) is 9.59 Å². The van der Waals surface area contributed by atoms with Gasteiger partial charge in [0.05, 0.1) is 36.7 Å². The lowest BCUT2D eigenvalue weighted by Crippen LogP contribution is -2.44. The maximum absolute atomic E-state index is 13.3. The molecule has 29 heavy (non-hydrogen) atoms. The average Bonchev–Trinajstić information content (AvgIpc) is 3.53. The number of fused-ring (bicyclic) bond motifs is 2. The molecule has 2 N–H and O–H groups in total. The number of hydrogen-bond donors (Lipinski definition) is 2.